The fourth-order valence-corrected chi connectivity index (χ4v) is 2.90. The highest BCUT2D eigenvalue weighted by Gasteiger charge is 2.32. The average molecular weight is 440 g/mol. The second kappa shape index (κ2) is 8.32. The third-order valence-corrected chi connectivity index (χ3v) is 4.44. The van der Waals surface area contributed by atoms with Gasteiger partial charge in [-0.3, -0.25) is 4.79 Å². The second-order valence-corrected chi connectivity index (χ2v) is 6.62. The van der Waals surface area contributed by atoms with E-state index in [0.717, 1.165) is 14.7 Å². The molecule has 0 radical (unpaired) electrons. The number of hydrogen-bond acceptors (Lipinski definition) is 3. The van der Waals surface area contributed by atoms with Crippen LogP contribution < -0.4 is 0 Å². The highest BCUT2D eigenvalue weighted by molar-refractivity contribution is 14.1. The van der Waals surface area contributed by atoms with Crippen molar-refractivity contribution >= 4 is 40.2 Å². The van der Waals surface area contributed by atoms with Gasteiger partial charge in [0.2, 0.25) is 0 Å². The molecule has 2 atom stereocenters. The molecule has 0 aliphatic heterocycles. The van der Waals surface area contributed by atoms with Crippen LogP contribution in [0.5, 0.6) is 0 Å². The molecular weight excluding hydrogens is 425 g/mol. The number of ether oxygens (including phenoxy) is 1. The normalized spacial score (nSPS) is 13.0. The van der Waals surface area contributed by atoms with Crippen LogP contribution >= 0.6 is 34.2 Å². The summed E-state index contributed by atoms with van der Waals surface area (Å²) < 4.78 is 6.17. The van der Waals surface area contributed by atoms with Crippen molar-refractivity contribution in [3.63, 3.8) is 0 Å². The molecule has 2 aromatic carbocycles. The fraction of sp³-hybridized carbons (Fsp3) is 0.222. The topological polar surface area (TPSA) is 50.1 Å². The number of nitriles is 1. The Labute approximate surface area is 154 Å². The molecule has 2 unspecified atom stereocenters. The van der Waals surface area contributed by atoms with Gasteiger partial charge in [-0.2, -0.15) is 5.26 Å². The van der Waals surface area contributed by atoms with Crippen LogP contribution in [0.2, 0.25) is 5.02 Å². The molecule has 2 aromatic rings. The summed E-state index contributed by atoms with van der Waals surface area (Å²) in [7, 11) is 0. The molecule has 0 aliphatic carbocycles. The van der Waals surface area contributed by atoms with Crippen molar-refractivity contribution in [2.45, 2.75) is 12.8 Å². The van der Waals surface area contributed by atoms with E-state index in [4.69, 9.17) is 16.3 Å². The molecule has 0 fully saturated rings. The SMILES string of the molecule is CCOC(=O)C(C#N)C(c1ccc(Cl)cc1)c1ccc(I)cc1. The van der Waals surface area contributed by atoms with Gasteiger partial charge in [0, 0.05) is 14.5 Å². The van der Waals surface area contributed by atoms with Gasteiger partial charge in [-0.25, -0.2) is 0 Å². The van der Waals surface area contributed by atoms with E-state index in [1.54, 1.807) is 19.1 Å². The first-order valence-corrected chi connectivity index (χ1v) is 8.59. The largest absolute Gasteiger partial charge is 0.465 e. The molecule has 2 rings (SSSR count). The zero-order chi connectivity index (χ0) is 16.8. The molecule has 0 amide bonds. The van der Waals surface area contributed by atoms with Gasteiger partial charge in [-0.1, -0.05) is 35.9 Å². The van der Waals surface area contributed by atoms with Gasteiger partial charge in [0.05, 0.1) is 12.7 Å². The van der Waals surface area contributed by atoms with Crippen LogP contribution in [0.3, 0.4) is 0 Å². The van der Waals surface area contributed by atoms with Gasteiger partial charge in [-0.05, 0) is 64.9 Å². The van der Waals surface area contributed by atoms with Crippen molar-refractivity contribution in [1.29, 1.82) is 5.26 Å². The van der Waals surface area contributed by atoms with Crippen molar-refractivity contribution in [2.75, 3.05) is 6.61 Å². The number of esters is 1. The fourth-order valence-electron chi connectivity index (χ4n) is 2.41. The Morgan fingerprint density at radius 3 is 2.17 bits per heavy atom. The number of halogens is 2. The lowest BCUT2D eigenvalue weighted by Gasteiger charge is -2.22. The lowest BCUT2D eigenvalue weighted by molar-refractivity contribution is -0.146. The molecule has 0 aliphatic rings. The first-order valence-electron chi connectivity index (χ1n) is 7.14. The Hall–Kier alpha value is -1.58. The van der Waals surface area contributed by atoms with Crippen LogP contribution in [0.4, 0.5) is 0 Å². The number of nitrogens with zero attached hydrogens (tertiary/aromatic N) is 1. The summed E-state index contributed by atoms with van der Waals surface area (Å²) in [4.78, 5) is 12.2. The first kappa shape index (κ1) is 17.8. The maximum absolute atomic E-state index is 12.2. The Morgan fingerprint density at radius 2 is 1.70 bits per heavy atom. The smallest absolute Gasteiger partial charge is 0.324 e. The van der Waals surface area contributed by atoms with Gasteiger partial charge in [0.15, 0.2) is 5.92 Å². The molecule has 0 bridgehead atoms. The van der Waals surface area contributed by atoms with E-state index in [-0.39, 0.29) is 6.61 Å². The Kier molecular flexibility index (Phi) is 6.43. The molecule has 5 heteroatoms. The quantitative estimate of drug-likeness (QED) is 0.498. The number of rotatable bonds is 5. The predicted molar refractivity (Wildman–Crippen MR) is 98.2 cm³/mol. The van der Waals surface area contributed by atoms with Crippen LogP contribution in [-0.4, -0.2) is 12.6 Å². The van der Waals surface area contributed by atoms with Crippen molar-refractivity contribution in [3.8, 4) is 6.07 Å². The molecule has 0 saturated heterocycles. The lowest BCUT2D eigenvalue weighted by Crippen LogP contribution is -2.24. The van der Waals surface area contributed by atoms with Crippen molar-refractivity contribution in [1.82, 2.24) is 0 Å². The molecule has 118 valence electrons. The predicted octanol–water partition coefficient (Wildman–Crippen LogP) is 4.78. The zero-order valence-corrected chi connectivity index (χ0v) is 15.4. The molecule has 0 saturated carbocycles. The minimum Gasteiger partial charge on any atom is -0.465 e. The van der Waals surface area contributed by atoms with Crippen LogP contribution in [0.1, 0.15) is 24.0 Å². The first-order chi connectivity index (χ1) is 11.1. The minimum absolute atomic E-state index is 0.247. The van der Waals surface area contributed by atoms with Gasteiger partial charge < -0.3 is 4.74 Å². The third-order valence-electron chi connectivity index (χ3n) is 3.47. The monoisotopic (exact) mass is 439 g/mol. The van der Waals surface area contributed by atoms with Gasteiger partial charge in [0.25, 0.3) is 0 Å². The maximum Gasteiger partial charge on any atom is 0.324 e. The van der Waals surface area contributed by atoms with E-state index < -0.39 is 17.8 Å². The van der Waals surface area contributed by atoms with E-state index in [1.165, 1.54) is 0 Å². The minimum atomic E-state index is -0.906. The molecule has 0 aromatic heterocycles. The summed E-state index contributed by atoms with van der Waals surface area (Å²) in [6.45, 7) is 1.98. The molecule has 0 heterocycles. The summed E-state index contributed by atoms with van der Waals surface area (Å²) >= 11 is 8.17. The van der Waals surface area contributed by atoms with Crippen LogP contribution in [0.25, 0.3) is 0 Å². The van der Waals surface area contributed by atoms with E-state index in [2.05, 4.69) is 28.7 Å². The molecular formula is C18H15ClINO2. The summed E-state index contributed by atoms with van der Waals surface area (Å²) in [5.41, 5.74) is 1.75. The molecule has 3 nitrogen and oxygen atoms in total. The van der Waals surface area contributed by atoms with Gasteiger partial charge >= 0.3 is 5.97 Å². The Balaban J connectivity index is 2.50. The zero-order valence-electron chi connectivity index (χ0n) is 12.5. The van der Waals surface area contributed by atoms with Crippen molar-refractivity contribution in [3.05, 3.63) is 68.3 Å². The van der Waals surface area contributed by atoms with Crippen molar-refractivity contribution in [2.24, 2.45) is 5.92 Å². The van der Waals surface area contributed by atoms with Gasteiger partial charge in [-0.15, -0.1) is 0 Å². The number of hydrogen-bond donors (Lipinski definition) is 0. The van der Waals surface area contributed by atoms with Crippen LogP contribution in [-0.2, 0) is 9.53 Å². The Morgan fingerprint density at radius 1 is 1.17 bits per heavy atom. The highest BCUT2D eigenvalue weighted by Crippen LogP contribution is 2.33. The maximum atomic E-state index is 12.2. The highest BCUT2D eigenvalue weighted by atomic mass is 127. The Bertz CT molecular complexity index is 662. The second-order valence-electron chi connectivity index (χ2n) is 4.94. The molecule has 23 heavy (non-hydrogen) atoms. The number of carbonyl (C=O) groups is 1. The van der Waals surface area contributed by atoms with Crippen LogP contribution in [0.15, 0.2) is 48.5 Å². The van der Waals surface area contributed by atoms with E-state index in [1.807, 2.05) is 36.4 Å². The summed E-state index contributed by atoms with van der Waals surface area (Å²) in [6.07, 6.45) is 0. The number of benzene rings is 2. The third kappa shape index (κ3) is 4.46. The van der Waals surface area contributed by atoms with E-state index in [0.29, 0.717) is 5.02 Å². The van der Waals surface area contributed by atoms with Crippen LogP contribution in [0, 0.1) is 20.8 Å². The molecule has 0 spiro atoms. The summed E-state index contributed by atoms with van der Waals surface area (Å²) in [6, 6.07) is 17.1. The summed E-state index contributed by atoms with van der Waals surface area (Å²) in [5.74, 6) is -1.81. The van der Waals surface area contributed by atoms with E-state index >= 15 is 0 Å². The standard InChI is InChI=1S/C18H15ClINO2/c1-2-23-18(22)16(11-21)17(12-3-7-14(19)8-4-12)13-5-9-15(20)10-6-13/h3-10,16-17H,2H2,1H3. The lowest BCUT2D eigenvalue weighted by atomic mass is 9.81. The number of carbonyl (C=O) groups excluding carboxylic acids is 1. The average Bonchev–Trinajstić information content (AvgIpc) is 2.55. The van der Waals surface area contributed by atoms with E-state index in [9.17, 15) is 10.1 Å². The summed E-state index contributed by atoms with van der Waals surface area (Å²) in [5, 5.41) is 10.2. The van der Waals surface area contributed by atoms with Gasteiger partial charge in [0.1, 0.15) is 0 Å². The van der Waals surface area contributed by atoms with Crippen molar-refractivity contribution < 1.29 is 9.53 Å². The molecule has 0 N–H and O–H groups in total.